The molecular formula is C16H26N2O4S. The minimum absolute atomic E-state index is 0.116. The van der Waals surface area contributed by atoms with Gasteiger partial charge in [0.15, 0.2) is 0 Å². The minimum atomic E-state index is -3.45. The van der Waals surface area contributed by atoms with E-state index in [9.17, 15) is 13.2 Å². The number of benzene rings is 1. The van der Waals surface area contributed by atoms with Crippen LogP contribution in [0.25, 0.3) is 0 Å². The highest BCUT2D eigenvalue weighted by molar-refractivity contribution is 7.92. The van der Waals surface area contributed by atoms with Gasteiger partial charge in [-0.2, -0.15) is 0 Å². The summed E-state index contributed by atoms with van der Waals surface area (Å²) in [6.45, 7) is 2.85. The molecule has 1 N–H and O–H groups in total. The van der Waals surface area contributed by atoms with E-state index in [-0.39, 0.29) is 18.9 Å². The average molecular weight is 342 g/mol. The first kappa shape index (κ1) is 19.3. The Hall–Kier alpha value is -1.76. The fourth-order valence-corrected chi connectivity index (χ4v) is 3.06. The molecule has 6 nitrogen and oxygen atoms in total. The Bertz CT molecular complexity index is 585. The zero-order chi connectivity index (χ0) is 17.3. The van der Waals surface area contributed by atoms with Crippen molar-refractivity contribution in [3.8, 4) is 5.75 Å². The summed E-state index contributed by atoms with van der Waals surface area (Å²) < 4.78 is 30.2. The molecule has 0 aliphatic carbocycles. The Balaban J connectivity index is 2.64. The number of unbranched alkanes of at least 4 members (excludes halogenated alkanes) is 2. The number of anilines is 1. The number of carbonyl (C=O) groups excluding carboxylic acids is 1. The lowest BCUT2D eigenvalue weighted by Crippen LogP contribution is -2.34. The maximum Gasteiger partial charge on any atom is 0.232 e. The molecule has 0 unspecified atom stereocenters. The van der Waals surface area contributed by atoms with Crippen molar-refractivity contribution in [3.63, 3.8) is 0 Å². The van der Waals surface area contributed by atoms with Crippen molar-refractivity contribution in [2.45, 2.75) is 32.6 Å². The third kappa shape index (κ3) is 6.90. The molecule has 0 radical (unpaired) electrons. The van der Waals surface area contributed by atoms with Crippen LogP contribution in [0.1, 0.15) is 32.6 Å². The highest BCUT2D eigenvalue weighted by Crippen LogP contribution is 2.21. The van der Waals surface area contributed by atoms with Crippen LogP contribution in [0.5, 0.6) is 5.75 Å². The molecule has 0 fully saturated rings. The standard InChI is InChI=1S/C16H26N2O4S/c1-4-5-6-12-17-16(19)11-13-18(23(3,20)21)14-7-9-15(22-2)10-8-14/h7-10H,4-6,11-13H2,1-3H3,(H,17,19). The van der Waals surface area contributed by atoms with Gasteiger partial charge in [-0.15, -0.1) is 0 Å². The van der Waals surface area contributed by atoms with Gasteiger partial charge in [-0.25, -0.2) is 8.42 Å². The molecule has 23 heavy (non-hydrogen) atoms. The van der Waals surface area contributed by atoms with E-state index in [0.29, 0.717) is 18.0 Å². The van der Waals surface area contributed by atoms with Gasteiger partial charge in [-0.3, -0.25) is 9.10 Å². The molecule has 0 saturated carbocycles. The van der Waals surface area contributed by atoms with Gasteiger partial charge in [-0.1, -0.05) is 19.8 Å². The van der Waals surface area contributed by atoms with Crippen molar-refractivity contribution in [2.75, 3.05) is 30.8 Å². The van der Waals surface area contributed by atoms with Crippen LogP contribution in [0.4, 0.5) is 5.69 Å². The smallest absolute Gasteiger partial charge is 0.232 e. The molecule has 0 heterocycles. The number of methoxy groups -OCH3 is 1. The Labute approximate surface area is 138 Å². The lowest BCUT2D eigenvalue weighted by atomic mass is 10.2. The van der Waals surface area contributed by atoms with Gasteiger partial charge in [0.05, 0.1) is 19.1 Å². The molecule has 0 atom stereocenters. The van der Waals surface area contributed by atoms with Crippen molar-refractivity contribution < 1.29 is 17.9 Å². The predicted molar refractivity (Wildman–Crippen MR) is 92.3 cm³/mol. The molecule has 0 saturated heterocycles. The lowest BCUT2D eigenvalue weighted by molar-refractivity contribution is -0.120. The van der Waals surface area contributed by atoms with Crippen molar-refractivity contribution in [1.29, 1.82) is 0 Å². The van der Waals surface area contributed by atoms with Crippen LogP contribution in [-0.4, -0.2) is 40.8 Å². The number of ether oxygens (including phenoxy) is 1. The second-order valence-corrected chi connectivity index (χ2v) is 7.25. The van der Waals surface area contributed by atoms with E-state index in [2.05, 4.69) is 12.2 Å². The molecule has 1 rings (SSSR count). The predicted octanol–water partition coefficient (Wildman–Crippen LogP) is 2.16. The summed E-state index contributed by atoms with van der Waals surface area (Å²) in [7, 11) is -1.90. The second-order valence-electron chi connectivity index (χ2n) is 5.34. The highest BCUT2D eigenvalue weighted by atomic mass is 32.2. The van der Waals surface area contributed by atoms with Crippen LogP contribution in [0.3, 0.4) is 0 Å². The minimum Gasteiger partial charge on any atom is -0.497 e. The molecule has 1 aromatic rings. The molecular weight excluding hydrogens is 316 g/mol. The van der Waals surface area contributed by atoms with Crippen LogP contribution in [0, 0.1) is 0 Å². The summed E-state index contributed by atoms with van der Waals surface area (Å²) >= 11 is 0. The molecule has 7 heteroatoms. The van der Waals surface area contributed by atoms with Gasteiger partial charge in [-0.05, 0) is 30.7 Å². The summed E-state index contributed by atoms with van der Waals surface area (Å²) in [4.78, 5) is 11.8. The van der Waals surface area contributed by atoms with E-state index in [1.54, 1.807) is 31.4 Å². The lowest BCUT2D eigenvalue weighted by Gasteiger charge is -2.22. The fraction of sp³-hybridized carbons (Fsp3) is 0.562. The quantitative estimate of drug-likeness (QED) is 0.661. The Kier molecular flexibility index (Phi) is 7.88. The van der Waals surface area contributed by atoms with Crippen molar-refractivity contribution in [2.24, 2.45) is 0 Å². The van der Waals surface area contributed by atoms with Gasteiger partial charge in [0.1, 0.15) is 5.75 Å². The molecule has 1 aromatic carbocycles. The largest absolute Gasteiger partial charge is 0.497 e. The second kappa shape index (κ2) is 9.39. The molecule has 0 bridgehead atoms. The fourth-order valence-electron chi connectivity index (χ4n) is 2.13. The first-order valence-corrected chi connectivity index (χ1v) is 9.61. The summed E-state index contributed by atoms with van der Waals surface area (Å²) in [5.41, 5.74) is 0.520. The molecule has 0 aliphatic heterocycles. The zero-order valence-electron chi connectivity index (χ0n) is 14.0. The van der Waals surface area contributed by atoms with E-state index < -0.39 is 10.0 Å². The van der Waals surface area contributed by atoms with Gasteiger partial charge in [0.2, 0.25) is 15.9 Å². The number of amides is 1. The molecule has 130 valence electrons. The Morgan fingerprint density at radius 3 is 2.39 bits per heavy atom. The topological polar surface area (TPSA) is 75.7 Å². The van der Waals surface area contributed by atoms with Crippen LogP contribution in [0.15, 0.2) is 24.3 Å². The summed E-state index contributed by atoms with van der Waals surface area (Å²) in [5.74, 6) is 0.513. The first-order chi connectivity index (χ1) is 10.9. The zero-order valence-corrected chi connectivity index (χ0v) is 14.9. The van der Waals surface area contributed by atoms with Gasteiger partial charge < -0.3 is 10.1 Å². The number of carbonyl (C=O) groups is 1. The Morgan fingerprint density at radius 1 is 1.22 bits per heavy atom. The van der Waals surface area contributed by atoms with E-state index in [0.717, 1.165) is 25.5 Å². The van der Waals surface area contributed by atoms with Gasteiger partial charge >= 0.3 is 0 Å². The summed E-state index contributed by atoms with van der Waals surface area (Å²) in [6, 6.07) is 6.72. The monoisotopic (exact) mass is 342 g/mol. The Morgan fingerprint density at radius 2 is 1.87 bits per heavy atom. The molecule has 0 aliphatic rings. The first-order valence-electron chi connectivity index (χ1n) is 7.77. The third-order valence-electron chi connectivity index (χ3n) is 3.41. The highest BCUT2D eigenvalue weighted by Gasteiger charge is 2.18. The number of nitrogens with zero attached hydrogens (tertiary/aromatic N) is 1. The van der Waals surface area contributed by atoms with Crippen LogP contribution in [-0.2, 0) is 14.8 Å². The van der Waals surface area contributed by atoms with Crippen LogP contribution >= 0.6 is 0 Å². The van der Waals surface area contributed by atoms with E-state index in [1.807, 2.05) is 0 Å². The molecule has 0 aromatic heterocycles. The molecule has 1 amide bonds. The van der Waals surface area contributed by atoms with E-state index >= 15 is 0 Å². The number of hydrogen-bond acceptors (Lipinski definition) is 4. The van der Waals surface area contributed by atoms with Crippen LogP contribution < -0.4 is 14.4 Å². The average Bonchev–Trinajstić information content (AvgIpc) is 2.51. The van der Waals surface area contributed by atoms with Crippen molar-refractivity contribution >= 4 is 21.6 Å². The van der Waals surface area contributed by atoms with Gasteiger partial charge in [0, 0.05) is 19.5 Å². The maximum atomic E-state index is 12.0. The maximum absolute atomic E-state index is 12.0. The number of hydrogen-bond donors (Lipinski definition) is 1. The third-order valence-corrected chi connectivity index (χ3v) is 4.60. The number of sulfonamides is 1. The normalized spacial score (nSPS) is 11.1. The SMILES string of the molecule is CCCCCNC(=O)CCN(c1ccc(OC)cc1)S(C)(=O)=O. The molecule has 0 spiro atoms. The van der Waals surface area contributed by atoms with Gasteiger partial charge in [0.25, 0.3) is 0 Å². The van der Waals surface area contributed by atoms with Crippen LogP contribution in [0.2, 0.25) is 0 Å². The number of rotatable bonds is 10. The summed E-state index contributed by atoms with van der Waals surface area (Å²) in [6.07, 6.45) is 4.37. The van der Waals surface area contributed by atoms with E-state index in [4.69, 9.17) is 4.74 Å². The van der Waals surface area contributed by atoms with E-state index in [1.165, 1.54) is 4.31 Å². The summed E-state index contributed by atoms with van der Waals surface area (Å²) in [5, 5.41) is 2.81. The van der Waals surface area contributed by atoms with Crippen molar-refractivity contribution in [1.82, 2.24) is 5.32 Å². The van der Waals surface area contributed by atoms with Crippen molar-refractivity contribution in [3.05, 3.63) is 24.3 Å². The number of nitrogens with one attached hydrogen (secondary N) is 1.